The first-order valence-corrected chi connectivity index (χ1v) is 6.49. The Bertz CT molecular complexity index is 579. The van der Waals surface area contributed by atoms with Gasteiger partial charge in [0.15, 0.2) is 0 Å². The zero-order chi connectivity index (χ0) is 13.3. The number of benzene rings is 2. The van der Waals surface area contributed by atoms with E-state index in [9.17, 15) is 9.50 Å². The summed E-state index contributed by atoms with van der Waals surface area (Å²) >= 11 is 3.34. The molecule has 0 spiro atoms. The molecule has 2 aromatic rings. The molecule has 1 unspecified atom stereocenters. The maximum absolute atomic E-state index is 13.3. The van der Waals surface area contributed by atoms with Crippen molar-refractivity contribution in [1.82, 2.24) is 0 Å². The molecule has 0 saturated carbocycles. The van der Waals surface area contributed by atoms with Crippen LogP contribution in [-0.4, -0.2) is 5.11 Å². The van der Waals surface area contributed by atoms with Crippen LogP contribution in [0.3, 0.4) is 0 Å². The number of rotatable bonds is 2. The van der Waals surface area contributed by atoms with E-state index in [4.69, 9.17) is 0 Å². The molecule has 0 heterocycles. The molecule has 0 saturated heterocycles. The Morgan fingerprint density at radius 2 is 1.83 bits per heavy atom. The van der Waals surface area contributed by atoms with Gasteiger partial charge in [0.05, 0.1) is 0 Å². The van der Waals surface area contributed by atoms with Crippen molar-refractivity contribution < 1.29 is 9.50 Å². The highest BCUT2D eigenvalue weighted by Gasteiger charge is 2.17. The number of halogens is 2. The van der Waals surface area contributed by atoms with Crippen molar-refractivity contribution in [2.45, 2.75) is 20.0 Å². The second-order valence-electron chi connectivity index (χ2n) is 4.36. The molecular formula is C15H14BrFO. The molecule has 0 bridgehead atoms. The van der Waals surface area contributed by atoms with Crippen LogP contribution in [0, 0.1) is 19.7 Å². The summed E-state index contributed by atoms with van der Waals surface area (Å²) in [4.78, 5) is 0. The first-order chi connectivity index (χ1) is 8.50. The summed E-state index contributed by atoms with van der Waals surface area (Å²) in [6.07, 6.45) is -0.824. The fourth-order valence-corrected chi connectivity index (χ4v) is 2.43. The largest absolute Gasteiger partial charge is 0.384 e. The number of aliphatic hydroxyl groups excluding tert-OH is 1. The van der Waals surface area contributed by atoms with Gasteiger partial charge in [-0.25, -0.2) is 4.39 Å². The Morgan fingerprint density at radius 1 is 1.11 bits per heavy atom. The molecule has 18 heavy (non-hydrogen) atoms. The quantitative estimate of drug-likeness (QED) is 0.877. The monoisotopic (exact) mass is 308 g/mol. The molecule has 94 valence electrons. The summed E-state index contributed by atoms with van der Waals surface area (Å²) in [6, 6.07) is 10.1. The van der Waals surface area contributed by atoms with Crippen molar-refractivity contribution in [3.05, 3.63) is 68.9 Å². The minimum Gasteiger partial charge on any atom is -0.384 e. The summed E-state index contributed by atoms with van der Waals surface area (Å²) < 4.78 is 14.0. The van der Waals surface area contributed by atoms with E-state index in [1.165, 1.54) is 12.1 Å². The normalized spacial score (nSPS) is 12.5. The second kappa shape index (κ2) is 5.21. The zero-order valence-electron chi connectivity index (χ0n) is 10.2. The van der Waals surface area contributed by atoms with Gasteiger partial charge in [-0.1, -0.05) is 34.1 Å². The van der Waals surface area contributed by atoms with E-state index >= 15 is 0 Å². The molecule has 0 aromatic heterocycles. The van der Waals surface area contributed by atoms with E-state index in [1.807, 2.05) is 32.0 Å². The second-order valence-corrected chi connectivity index (χ2v) is 5.21. The van der Waals surface area contributed by atoms with Crippen LogP contribution in [0.15, 0.2) is 40.9 Å². The number of aliphatic hydroxyl groups is 1. The van der Waals surface area contributed by atoms with Crippen LogP contribution in [-0.2, 0) is 0 Å². The molecular weight excluding hydrogens is 295 g/mol. The minimum absolute atomic E-state index is 0.349. The highest BCUT2D eigenvalue weighted by atomic mass is 79.9. The third-order valence-electron chi connectivity index (χ3n) is 3.19. The average Bonchev–Trinajstić information content (AvgIpc) is 2.35. The predicted octanol–water partition coefficient (Wildman–Crippen LogP) is 4.29. The van der Waals surface area contributed by atoms with Crippen molar-refractivity contribution in [1.29, 1.82) is 0 Å². The van der Waals surface area contributed by atoms with Gasteiger partial charge >= 0.3 is 0 Å². The molecule has 0 aliphatic heterocycles. The Labute approximate surface area is 114 Å². The summed E-state index contributed by atoms with van der Waals surface area (Å²) in [5.74, 6) is -0.349. The molecule has 0 aliphatic rings. The Kier molecular flexibility index (Phi) is 3.83. The van der Waals surface area contributed by atoms with Crippen LogP contribution in [0.4, 0.5) is 4.39 Å². The summed E-state index contributed by atoms with van der Waals surface area (Å²) in [7, 11) is 0. The maximum atomic E-state index is 13.3. The van der Waals surface area contributed by atoms with Crippen molar-refractivity contribution in [2.24, 2.45) is 0 Å². The highest BCUT2D eigenvalue weighted by Crippen LogP contribution is 2.31. The van der Waals surface area contributed by atoms with Crippen LogP contribution in [0.2, 0.25) is 0 Å². The van der Waals surface area contributed by atoms with Gasteiger partial charge in [-0.15, -0.1) is 0 Å². The lowest BCUT2D eigenvalue weighted by Crippen LogP contribution is -2.04. The third-order valence-corrected chi connectivity index (χ3v) is 3.92. The molecule has 0 aliphatic carbocycles. The van der Waals surface area contributed by atoms with Crippen LogP contribution in [0.5, 0.6) is 0 Å². The lowest BCUT2D eigenvalue weighted by Gasteiger charge is -2.17. The smallest absolute Gasteiger partial charge is 0.123 e. The van der Waals surface area contributed by atoms with Crippen LogP contribution in [0.25, 0.3) is 0 Å². The van der Waals surface area contributed by atoms with Gasteiger partial charge in [-0.05, 0) is 48.7 Å². The summed E-state index contributed by atoms with van der Waals surface area (Å²) in [6.45, 7) is 3.95. The topological polar surface area (TPSA) is 20.2 Å². The molecule has 2 rings (SSSR count). The fraction of sp³-hybridized carbons (Fsp3) is 0.200. The number of aryl methyl sites for hydroxylation is 1. The van der Waals surface area contributed by atoms with Crippen molar-refractivity contribution >= 4 is 15.9 Å². The van der Waals surface area contributed by atoms with Gasteiger partial charge in [0.2, 0.25) is 0 Å². The summed E-state index contributed by atoms with van der Waals surface area (Å²) in [5.41, 5.74) is 3.49. The molecule has 0 fully saturated rings. The van der Waals surface area contributed by atoms with E-state index in [-0.39, 0.29) is 5.82 Å². The zero-order valence-corrected chi connectivity index (χ0v) is 11.8. The molecule has 0 radical (unpaired) electrons. The van der Waals surface area contributed by atoms with E-state index in [0.717, 1.165) is 16.7 Å². The standard InChI is InChI=1S/C15H14BrFO/c1-9-4-3-5-12(10(9)2)15(18)13-8-11(17)6-7-14(13)16/h3-8,15,18H,1-2H3. The Morgan fingerprint density at radius 3 is 2.56 bits per heavy atom. The van der Waals surface area contributed by atoms with E-state index in [2.05, 4.69) is 15.9 Å². The van der Waals surface area contributed by atoms with Gasteiger partial charge in [0, 0.05) is 10.0 Å². The van der Waals surface area contributed by atoms with Crippen molar-refractivity contribution in [3.63, 3.8) is 0 Å². The first kappa shape index (κ1) is 13.2. The lowest BCUT2D eigenvalue weighted by molar-refractivity contribution is 0.218. The summed E-state index contributed by atoms with van der Waals surface area (Å²) in [5, 5.41) is 10.4. The van der Waals surface area contributed by atoms with E-state index in [0.29, 0.717) is 10.0 Å². The van der Waals surface area contributed by atoms with E-state index < -0.39 is 6.10 Å². The molecule has 0 amide bonds. The van der Waals surface area contributed by atoms with Gasteiger partial charge in [-0.3, -0.25) is 0 Å². The fourth-order valence-electron chi connectivity index (χ4n) is 1.96. The Balaban J connectivity index is 2.51. The average molecular weight is 309 g/mol. The van der Waals surface area contributed by atoms with Crippen LogP contribution < -0.4 is 0 Å². The number of hydrogen-bond acceptors (Lipinski definition) is 1. The highest BCUT2D eigenvalue weighted by molar-refractivity contribution is 9.10. The molecule has 1 N–H and O–H groups in total. The predicted molar refractivity (Wildman–Crippen MR) is 74.1 cm³/mol. The van der Waals surface area contributed by atoms with E-state index in [1.54, 1.807) is 6.07 Å². The van der Waals surface area contributed by atoms with Gasteiger partial charge in [-0.2, -0.15) is 0 Å². The molecule has 1 atom stereocenters. The molecule has 3 heteroatoms. The van der Waals surface area contributed by atoms with Crippen molar-refractivity contribution in [3.8, 4) is 0 Å². The van der Waals surface area contributed by atoms with Gasteiger partial charge < -0.3 is 5.11 Å². The number of hydrogen-bond donors (Lipinski definition) is 1. The molecule has 1 nitrogen and oxygen atoms in total. The van der Waals surface area contributed by atoms with Crippen molar-refractivity contribution in [2.75, 3.05) is 0 Å². The van der Waals surface area contributed by atoms with Crippen LogP contribution in [0.1, 0.15) is 28.4 Å². The van der Waals surface area contributed by atoms with Gasteiger partial charge in [0.1, 0.15) is 11.9 Å². The SMILES string of the molecule is Cc1cccc(C(O)c2cc(F)ccc2Br)c1C. The maximum Gasteiger partial charge on any atom is 0.123 e. The molecule has 2 aromatic carbocycles. The Hall–Kier alpha value is -1.19. The van der Waals surface area contributed by atoms with Crippen LogP contribution >= 0.6 is 15.9 Å². The first-order valence-electron chi connectivity index (χ1n) is 5.70. The third kappa shape index (κ3) is 2.47. The lowest BCUT2D eigenvalue weighted by atomic mass is 9.95. The van der Waals surface area contributed by atoms with Gasteiger partial charge in [0.25, 0.3) is 0 Å². The minimum atomic E-state index is -0.824.